The monoisotopic (exact) mass is 335 g/mol. The van der Waals surface area contributed by atoms with Crippen molar-refractivity contribution < 1.29 is 14.7 Å². The molecule has 0 aromatic rings. The highest BCUT2D eigenvalue weighted by molar-refractivity contribution is 5.82. The molecule has 2 saturated carbocycles. The fourth-order valence-electron chi connectivity index (χ4n) is 4.87. The summed E-state index contributed by atoms with van der Waals surface area (Å²) in [5, 5.41) is 13.2. The van der Waals surface area contributed by atoms with Crippen LogP contribution in [0, 0.1) is 5.92 Å². The number of rotatable bonds is 3. The first-order valence-corrected chi connectivity index (χ1v) is 9.66. The van der Waals surface area contributed by atoms with Gasteiger partial charge in [-0.3, -0.25) is 4.79 Å². The third kappa shape index (κ3) is 3.25. The second-order valence-corrected chi connectivity index (χ2v) is 8.14. The van der Waals surface area contributed by atoms with E-state index in [1.54, 1.807) is 0 Å². The van der Waals surface area contributed by atoms with Crippen molar-refractivity contribution in [3.63, 3.8) is 0 Å². The van der Waals surface area contributed by atoms with Gasteiger partial charge in [0.1, 0.15) is 0 Å². The summed E-state index contributed by atoms with van der Waals surface area (Å²) in [7, 11) is 0. The quantitative estimate of drug-likeness (QED) is 0.820. The predicted molar refractivity (Wildman–Crippen MR) is 89.4 cm³/mol. The maximum absolute atomic E-state index is 12.8. The van der Waals surface area contributed by atoms with E-state index >= 15 is 0 Å². The van der Waals surface area contributed by atoms with E-state index in [4.69, 9.17) is 0 Å². The average molecular weight is 335 g/mol. The van der Waals surface area contributed by atoms with Gasteiger partial charge in [-0.05, 0) is 38.0 Å². The third-order valence-corrected chi connectivity index (χ3v) is 6.25. The molecule has 2 aliphatic carbocycles. The molecule has 0 aromatic heterocycles. The van der Waals surface area contributed by atoms with Gasteiger partial charge in [-0.25, -0.2) is 4.79 Å². The van der Waals surface area contributed by atoms with Crippen LogP contribution in [-0.2, 0) is 4.79 Å². The molecule has 24 heavy (non-hydrogen) atoms. The second kappa shape index (κ2) is 6.54. The topological polar surface area (TPSA) is 72.9 Å². The summed E-state index contributed by atoms with van der Waals surface area (Å²) in [5.74, 6) is 0.697. The molecule has 6 heteroatoms. The minimum absolute atomic E-state index is 0.0738. The van der Waals surface area contributed by atoms with Crippen molar-refractivity contribution in [2.24, 2.45) is 5.92 Å². The van der Waals surface area contributed by atoms with E-state index in [1.807, 2.05) is 9.80 Å². The van der Waals surface area contributed by atoms with Crippen LogP contribution in [0.5, 0.6) is 0 Å². The molecule has 3 atom stereocenters. The normalized spacial score (nSPS) is 34.9. The van der Waals surface area contributed by atoms with Crippen molar-refractivity contribution in [2.75, 3.05) is 13.1 Å². The number of aliphatic hydroxyl groups is 1. The molecular weight excluding hydrogens is 306 g/mol. The average Bonchev–Trinajstić information content (AvgIpc) is 3.24. The van der Waals surface area contributed by atoms with Gasteiger partial charge in [0.05, 0.1) is 12.1 Å². The molecule has 4 fully saturated rings. The van der Waals surface area contributed by atoms with Crippen molar-refractivity contribution >= 4 is 11.9 Å². The maximum atomic E-state index is 12.8. The van der Waals surface area contributed by atoms with Gasteiger partial charge in [0, 0.05) is 31.6 Å². The number of nitrogens with zero attached hydrogens (tertiary/aromatic N) is 2. The highest BCUT2D eigenvalue weighted by atomic mass is 16.3. The molecule has 6 nitrogen and oxygen atoms in total. The van der Waals surface area contributed by atoms with Gasteiger partial charge >= 0.3 is 6.03 Å². The minimum atomic E-state index is -0.407. The maximum Gasteiger partial charge on any atom is 0.318 e. The van der Waals surface area contributed by atoms with Gasteiger partial charge in [0.15, 0.2) is 0 Å². The fraction of sp³-hybridized carbons (Fsp3) is 0.889. The Morgan fingerprint density at radius 1 is 1.08 bits per heavy atom. The molecule has 2 saturated heterocycles. The lowest BCUT2D eigenvalue weighted by Gasteiger charge is -2.34. The molecule has 0 radical (unpaired) electrons. The molecule has 2 N–H and O–H groups in total. The number of aliphatic hydroxyl groups excluding tert-OH is 1. The number of hydrogen-bond donors (Lipinski definition) is 2. The van der Waals surface area contributed by atoms with Crippen LogP contribution in [0.4, 0.5) is 4.79 Å². The number of amides is 3. The summed E-state index contributed by atoms with van der Waals surface area (Å²) in [6, 6.07) is 0.424. The smallest absolute Gasteiger partial charge is 0.318 e. The lowest BCUT2D eigenvalue weighted by atomic mass is 9.83. The number of likely N-dealkylation sites (tertiary alicyclic amines) is 2. The van der Waals surface area contributed by atoms with Crippen molar-refractivity contribution in [3.8, 4) is 0 Å². The molecule has 3 amide bonds. The van der Waals surface area contributed by atoms with Gasteiger partial charge in [-0.1, -0.05) is 19.3 Å². The number of urea groups is 1. The number of nitrogens with one attached hydrogen (secondary N) is 1. The van der Waals surface area contributed by atoms with Crippen LogP contribution < -0.4 is 5.32 Å². The fourth-order valence-corrected chi connectivity index (χ4v) is 4.87. The zero-order valence-electron chi connectivity index (χ0n) is 14.3. The molecule has 0 bridgehead atoms. The van der Waals surface area contributed by atoms with Crippen LogP contribution >= 0.6 is 0 Å². The molecule has 0 aromatic carbocycles. The van der Waals surface area contributed by atoms with Crippen LogP contribution in [0.25, 0.3) is 0 Å². The molecule has 3 unspecified atom stereocenters. The van der Waals surface area contributed by atoms with Gasteiger partial charge in [-0.2, -0.15) is 0 Å². The Morgan fingerprint density at radius 2 is 1.83 bits per heavy atom. The molecule has 0 spiro atoms. The lowest BCUT2D eigenvalue weighted by Crippen LogP contribution is -2.49. The molecule has 4 rings (SSSR count). The van der Waals surface area contributed by atoms with Crippen LogP contribution in [0.15, 0.2) is 0 Å². The van der Waals surface area contributed by atoms with E-state index in [-0.39, 0.29) is 24.0 Å². The highest BCUT2D eigenvalue weighted by Crippen LogP contribution is 2.35. The summed E-state index contributed by atoms with van der Waals surface area (Å²) in [6.45, 7) is 1.08. The Bertz CT molecular complexity index is 502. The number of β-amino-alcohol motifs (C(OH)–C–C–N with tert-alkyl or cyclic N) is 1. The predicted octanol–water partition coefficient (Wildman–Crippen LogP) is 1.47. The van der Waals surface area contributed by atoms with Crippen LogP contribution in [-0.4, -0.2) is 64.2 Å². The second-order valence-electron chi connectivity index (χ2n) is 8.14. The van der Waals surface area contributed by atoms with Crippen molar-refractivity contribution in [3.05, 3.63) is 0 Å². The van der Waals surface area contributed by atoms with Crippen LogP contribution in [0.3, 0.4) is 0 Å². The van der Waals surface area contributed by atoms with E-state index in [1.165, 1.54) is 32.1 Å². The Hall–Kier alpha value is -1.30. The SMILES string of the molecule is O=C1CC(NC(=O)N2CC(O)CC2C2CCCCC2)CN1C1CC1. The highest BCUT2D eigenvalue weighted by Gasteiger charge is 2.43. The first kappa shape index (κ1) is 16.2. The Morgan fingerprint density at radius 3 is 2.54 bits per heavy atom. The number of hydrogen-bond acceptors (Lipinski definition) is 3. The summed E-state index contributed by atoms with van der Waals surface area (Å²) in [5.41, 5.74) is 0. The molecule has 134 valence electrons. The molecular formula is C18H29N3O3. The van der Waals surface area contributed by atoms with E-state index < -0.39 is 6.10 Å². The van der Waals surface area contributed by atoms with Crippen LogP contribution in [0.1, 0.15) is 57.8 Å². The van der Waals surface area contributed by atoms with Gasteiger partial charge in [0.2, 0.25) is 5.91 Å². The van der Waals surface area contributed by atoms with Gasteiger partial charge in [0.25, 0.3) is 0 Å². The minimum Gasteiger partial charge on any atom is -0.391 e. The zero-order valence-corrected chi connectivity index (χ0v) is 14.3. The summed E-state index contributed by atoms with van der Waals surface area (Å²) < 4.78 is 0. The summed E-state index contributed by atoms with van der Waals surface area (Å²) >= 11 is 0. The molecule has 2 aliphatic heterocycles. The number of carbonyl (C=O) groups is 2. The van der Waals surface area contributed by atoms with Crippen molar-refractivity contribution in [1.82, 2.24) is 15.1 Å². The molecule has 2 heterocycles. The van der Waals surface area contributed by atoms with Crippen LogP contribution in [0.2, 0.25) is 0 Å². The third-order valence-electron chi connectivity index (χ3n) is 6.25. The van der Waals surface area contributed by atoms with Crippen molar-refractivity contribution in [2.45, 2.75) is 82.0 Å². The van der Waals surface area contributed by atoms with Gasteiger partial charge in [-0.15, -0.1) is 0 Å². The molecule has 4 aliphatic rings. The summed E-state index contributed by atoms with van der Waals surface area (Å²) in [4.78, 5) is 28.6. The number of carbonyl (C=O) groups excluding carboxylic acids is 2. The summed E-state index contributed by atoms with van der Waals surface area (Å²) in [6.07, 6.45) is 9.03. The first-order valence-electron chi connectivity index (χ1n) is 9.66. The van der Waals surface area contributed by atoms with Gasteiger partial charge < -0.3 is 20.2 Å². The largest absolute Gasteiger partial charge is 0.391 e. The Balaban J connectivity index is 1.36. The van der Waals surface area contributed by atoms with Crippen molar-refractivity contribution in [1.29, 1.82) is 0 Å². The zero-order chi connectivity index (χ0) is 16.7. The van der Waals surface area contributed by atoms with E-state index in [0.717, 1.165) is 12.8 Å². The van der Waals surface area contributed by atoms with E-state index in [0.29, 0.717) is 37.9 Å². The van der Waals surface area contributed by atoms with E-state index in [9.17, 15) is 14.7 Å². The Labute approximate surface area is 143 Å². The Kier molecular flexibility index (Phi) is 4.41. The lowest BCUT2D eigenvalue weighted by molar-refractivity contribution is -0.128. The standard InChI is InChI=1S/C18H29N3O3/c22-15-9-16(12-4-2-1-3-5-12)21(11-15)18(24)19-13-8-17(23)20(10-13)14-6-7-14/h12-16,22H,1-11H2,(H,19,24). The van der Waals surface area contributed by atoms with E-state index in [2.05, 4.69) is 5.32 Å². The first-order chi connectivity index (χ1) is 11.6.